The fraction of sp³-hybridized carbons (Fsp3) is 0.417. The molecule has 16 heavy (non-hydrogen) atoms. The zero-order valence-electron chi connectivity index (χ0n) is 9.45. The number of carbonyl (C=O) groups is 1. The third kappa shape index (κ3) is 1.96. The topological polar surface area (TPSA) is 47.6 Å². The monoisotopic (exact) mass is 221 g/mol. The van der Waals surface area contributed by atoms with Crippen LogP contribution in [0.15, 0.2) is 12.1 Å². The average molecular weight is 221 g/mol. The van der Waals surface area contributed by atoms with Gasteiger partial charge in [-0.05, 0) is 19.9 Å². The van der Waals surface area contributed by atoms with E-state index in [1.807, 2.05) is 26.0 Å². The van der Waals surface area contributed by atoms with Gasteiger partial charge in [0.05, 0.1) is 12.3 Å². The molecule has 4 nitrogen and oxygen atoms in total. The van der Waals surface area contributed by atoms with Gasteiger partial charge in [0.2, 0.25) is 6.41 Å². The van der Waals surface area contributed by atoms with Crippen molar-refractivity contribution < 1.29 is 14.3 Å². The molecule has 1 atom stereocenters. The molecule has 1 aromatic rings. The third-order valence-electron chi connectivity index (χ3n) is 2.51. The molecule has 1 N–H and O–H groups in total. The second-order valence-corrected chi connectivity index (χ2v) is 3.78. The fourth-order valence-corrected chi connectivity index (χ4v) is 1.89. The molecule has 1 heterocycles. The summed E-state index contributed by atoms with van der Waals surface area (Å²) in [5.41, 5.74) is 1.79. The van der Waals surface area contributed by atoms with Crippen LogP contribution >= 0.6 is 0 Å². The highest BCUT2D eigenvalue weighted by molar-refractivity contribution is 5.77. The number of anilines is 1. The highest BCUT2D eigenvalue weighted by atomic mass is 16.5. The Hall–Kier alpha value is -1.71. The van der Waals surface area contributed by atoms with E-state index in [0.717, 1.165) is 17.7 Å². The van der Waals surface area contributed by atoms with Crippen molar-refractivity contribution in [2.45, 2.75) is 26.4 Å². The lowest BCUT2D eigenvalue weighted by atomic mass is 10.1. The van der Waals surface area contributed by atoms with E-state index in [1.165, 1.54) is 0 Å². The Morgan fingerprint density at radius 3 is 3.12 bits per heavy atom. The van der Waals surface area contributed by atoms with Gasteiger partial charge in [0.1, 0.15) is 17.6 Å². The summed E-state index contributed by atoms with van der Waals surface area (Å²) < 4.78 is 11.1. The van der Waals surface area contributed by atoms with Gasteiger partial charge in [-0.15, -0.1) is 0 Å². The number of hydrogen-bond acceptors (Lipinski definition) is 3. The Kier molecular flexibility index (Phi) is 2.99. The molecule has 0 fully saturated rings. The fourth-order valence-electron chi connectivity index (χ4n) is 1.89. The second kappa shape index (κ2) is 4.43. The van der Waals surface area contributed by atoms with Crippen LogP contribution in [0.1, 0.15) is 19.4 Å². The summed E-state index contributed by atoms with van der Waals surface area (Å²) in [6.45, 7) is 4.51. The summed E-state index contributed by atoms with van der Waals surface area (Å²) in [5.74, 6) is 1.53. The molecular formula is C12H15NO3. The van der Waals surface area contributed by atoms with E-state index in [2.05, 4.69) is 5.32 Å². The lowest BCUT2D eigenvalue weighted by molar-refractivity contribution is -0.105. The van der Waals surface area contributed by atoms with Crippen LogP contribution < -0.4 is 14.8 Å². The SMILES string of the molecule is CCOc1cc2c(cc1NC=O)OC(C)C2. The second-order valence-electron chi connectivity index (χ2n) is 3.78. The highest BCUT2D eigenvalue weighted by Gasteiger charge is 2.21. The average Bonchev–Trinajstić information content (AvgIpc) is 2.58. The van der Waals surface area contributed by atoms with E-state index in [0.29, 0.717) is 24.5 Å². The van der Waals surface area contributed by atoms with E-state index in [-0.39, 0.29) is 6.10 Å². The van der Waals surface area contributed by atoms with E-state index >= 15 is 0 Å². The Morgan fingerprint density at radius 2 is 2.44 bits per heavy atom. The van der Waals surface area contributed by atoms with E-state index in [1.54, 1.807) is 0 Å². The number of amides is 1. The zero-order valence-corrected chi connectivity index (χ0v) is 9.45. The molecule has 0 saturated carbocycles. The Labute approximate surface area is 94.6 Å². The van der Waals surface area contributed by atoms with Gasteiger partial charge in [0, 0.05) is 18.1 Å². The molecule has 0 bridgehead atoms. The number of rotatable bonds is 4. The Bertz CT molecular complexity index is 403. The molecule has 0 radical (unpaired) electrons. The summed E-state index contributed by atoms with van der Waals surface area (Å²) in [4.78, 5) is 10.5. The first kappa shape index (κ1) is 10.8. The molecule has 0 aliphatic carbocycles. The van der Waals surface area contributed by atoms with Crippen molar-refractivity contribution in [2.24, 2.45) is 0 Å². The molecule has 2 rings (SSSR count). The van der Waals surface area contributed by atoms with Gasteiger partial charge < -0.3 is 14.8 Å². The van der Waals surface area contributed by atoms with Crippen molar-refractivity contribution in [1.82, 2.24) is 0 Å². The van der Waals surface area contributed by atoms with Crippen molar-refractivity contribution in [1.29, 1.82) is 0 Å². The van der Waals surface area contributed by atoms with Crippen LogP contribution in [-0.4, -0.2) is 19.1 Å². The molecule has 1 aromatic carbocycles. The molecule has 4 heteroatoms. The molecular weight excluding hydrogens is 206 g/mol. The summed E-state index contributed by atoms with van der Waals surface area (Å²) in [7, 11) is 0. The minimum Gasteiger partial charge on any atom is -0.492 e. The molecule has 0 aromatic heterocycles. The van der Waals surface area contributed by atoms with Gasteiger partial charge in [-0.25, -0.2) is 0 Å². The summed E-state index contributed by atoms with van der Waals surface area (Å²) in [6.07, 6.45) is 1.72. The first-order valence-electron chi connectivity index (χ1n) is 5.41. The first-order valence-corrected chi connectivity index (χ1v) is 5.41. The maximum Gasteiger partial charge on any atom is 0.211 e. The minimum atomic E-state index is 0.191. The lowest BCUT2D eigenvalue weighted by Gasteiger charge is -2.11. The van der Waals surface area contributed by atoms with Crippen LogP contribution in [-0.2, 0) is 11.2 Å². The van der Waals surface area contributed by atoms with Crippen LogP contribution in [0.3, 0.4) is 0 Å². The first-order chi connectivity index (χ1) is 7.74. The predicted molar refractivity (Wildman–Crippen MR) is 61.1 cm³/mol. The van der Waals surface area contributed by atoms with Crippen LogP contribution in [0.2, 0.25) is 0 Å². The van der Waals surface area contributed by atoms with Crippen LogP contribution in [0.5, 0.6) is 11.5 Å². The highest BCUT2D eigenvalue weighted by Crippen LogP contribution is 2.37. The van der Waals surface area contributed by atoms with Gasteiger partial charge in [-0.1, -0.05) is 0 Å². The predicted octanol–water partition coefficient (Wildman–Crippen LogP) is 1.98. The molecule has 1 aliphatic rings. The lowest BCUT2D eigenvalue weighted by Crippen LogP contribution is -2.05. The van der Waals surface area contributed by atoms with Crippen molar-refractivity contribution in [3.63, 3.8) is 0 Å². The zero-order chi connectivity index (χ0) is 11.5. The number of nitrogens with one attached hydrogen (secondary N) is 1. The maximum atomic E-state index is 10.5. The summed E-state index contributed by atoms with van der Waals surface area (Å²) in [5, 5.41) is 2.62. The molecule has 0 spiro atoms. The minimum absolute atomic E-state index is 0.191. The number of benzene rings is 1. The maximum absolute atomic E-state index is 10.5. The van der Waals surface area contributed by atoms with Gasteiger partial charge >= 0.3 is 0 Å². The normalized spacial score (nSPS) is 17.5. The van der Waals surface area contributed by atoms with Gasteiger partial charge in [-0.2, -0.15) is 0 Å². The van der Waals surface area contributed by atoms with E-state index in [9.17, 15) is 4.79 Å². The Balaban J connectivity index is 2.36. The molecule has 0 saturated heterocycles. The summed E-state index contributed by atoms with van der Waals surface area (Å²) >= 11 is 0. The van der Waals surface area contributed by atoms with Crippen LogP contribution in [0.4, 0.5) is 5.69 Å². The van der Waals surface area contributed by atoms with Gasteiger partial charge in [0.25, 0.3) is 0 Å². The quantitative estimate of drug-likeness (QED) is 0.791. The van der Waals surface area contributed by atoms with Gasteiger partial charge in [0.15, 0.2) is 0 Å². The molecule has 86 valence electrons. The van der Waals surface area contributed by atoms with Crippen molar-refractivity contribution in [3.8, 4) is 11.5 Å². The van der Waals surface area contributed by atoms with Crippen molar-refractivity contribution >= 4 is 12.1 Å². The number of carbonyl (C=O) groups excluding carboxylic acids is 1. The molecule has 1 unspecified atom stereocenters. The largest absolute Gasteiger partial charge is 0.492 e. The number of ether oxygens (including phenoxy) is 2. The third-order valence-corrected chi connectivity index (χ3v) is 2.51. The van der Waals surface area contributed by atoms with E-state index < -0.39 is 0 Å². The van der Waals surface area contributed by atoms with Crippen molar-refractivity contribution in [3.05, 3.63) is 17.7 Å². The summed E-state index contributed by atoms with van der Waals surface area (Å²) in [6, 6.07) is 3.76. The molecule has 1 amide bonds. The number of fused-ring (bicyclic) bond motifs is 1. The smallest absolute Gasteiger partial charge is 0.211 e. The molecule has 1 aliphatic heterocycles. The van der Waals surface area contributed by atoms with Crippen LogP contribution in [0, 0.1) is 0 Å². The van der Waals surface area contributed by atoms with Crippen LogP contribution in [0.25, 0.3) is 0 Å². The van der Waals surface area contributed by atoms with E-state index in [4.69, 9.17) is 9.47 Å². The standard InChI is InChI=1S/C12H15NO3/c1-3-15-12-5-9-4-8(2)16-11(9)6-10(12)13-7-14/h5-8H,3-4H2,1-2H3,(H,13,14). The Morgan fingerprint density at radius 1 is 1.62 bits per heavy atom. The number of hydrogen-bond donors (Lipinski definition) is 1. The van der Waals surface area contributed by atoms with Crippen molar-refractivity contribution in [2.75, 3.05) is 11.9 Å². The van der Waals surface area contributed by atoms with Gasteiger partial charge in [-0.3, -0.25) is 4.79 Å².